The van der Waals surface area contributed by atoms with Gasteiger partial charge >= 0.3 is 0 Å². The fourth-order valence-electron chi connectivity index (χ4n) is 2.20. The maximum absolute atomic E-state index is 12.2. The fourth-order valence-corrected chi connectivity index (χ4v) is 2.20. The molecule has 1 rings (SSSR count). The Morgan fingerprint density at radius 1 is 1.19 bits per heavy atom. The number of hydrogen-bond donors (Lipinski definition) is 1. The molecule has 0 saturated heterocycles. The predicted molar refractivity (Wildman–Crippen MR) is 81.3 cm³/mol. The molecule has 21 heavy (non-hydrogen) atoms. The lowest BCUT2D eigenvalue weighted by molar-refractivity contribution is -0.138. The third kappa shape index (κ3) is 4.63. The molecule has 0 aliphatic rings. The molecule has 0 aromatic heterocycles. The summed E-state index contributed by atoms with van der Waals surface area (Å²) in [7, 11) is 4.66. The standard InChI is InChI=1S/C16H25NO4/c1-16(2,3)13(15(18)17-21-6)9-11-7-8-12(19-4)10-14(11)20-5/h7-8,10,13H,9H2,1-6H3,(H,17,18). The molecule has 1 amide bonds. The number of carbonyl (C=O) groups excluding carboxylic acids is 1. The minimum atomic E-state index is -0.236. The monoisotopic (exact) mass is 295 g/mol. The first-order valence-electron chi connectivity index (χ1n) is 6.87. The topological polar surface area (TPSA) is 56.8 Å². The van der Waals surface area contributed by atoms with Crippen LogP contribution in [0.15, 0.2) is 18.2 Å². The molecule has 5 nitrogen and oxygen atoms in total. The summed E-state index contributed by atoms with van der Waals surface area (Å²) in [6.07, 6.45) is 0.561. The van der Waals surface area contributed by atoms with Crippen molar-refractivity contribution in [2.24, 2.45) is 11.3 Å². The molecule has 0 saturated carbocycles. The van der Waals surface area contributed by atoms with Crippen molar-refractivity contribution in [3.63, 3.8) is 0 Å². The average Bonchev–Trinajstić information content (AvgIpc) is 2.43. The van der Waals surface area contributed by atoms with E-state index in [0.29, 0.717) is 12.2 Å². The Labute approximate surface area is 126 Å². The number of hydroxylamine groups is 1. The van der Waals surface area contributed by atoms with E-state index in [2.05, 4.69) is 5.48 Å². The lowest BCUT2D eigenvalue weighted by atomic mass is 9.76. The highest BCUT2D eigenvalue weighted by molar-refractivity contribution is 5.78. The van der Waals surface area contributed by atoms with Crippen LogP contribution in [-0.2, 0) is 16.1 Å². The molecular weight excluding hydrogens is 270 g/mol. The Morgan fingerprint density at radius 2 is 1.86 bits per heavy atom. The largest absolute Gasteiger partial charge is 0.497 e. The zero-order valence-electron chi connectivity index (χ0n) is 13.6. The fraction of sp³-hybridized carbons (Fsp3) is 0.562. The normalized spacial score (nSPS) is 12.7. The van der Waals surface area contributed by atoms with Gasteiger partial charge in [-0.05, 0) is 23.5 Å². The SMILES string of the molecule is CONC(=O)C(Cc1ccc(OC)cc1OC)C(C)(C)C. The highest BCUT2D eigenvalue weighted by Crippen LogP contribution is 2.33. The zero-order chi connectivity index (χ0) is 16.0. The number of rotatable bonds is 6. The second kappa shape index (κ2) is 7.31. The molecule has 0 fully saturated rings. The average molecular weight is 295 g/mol. The molecule has 1 atom stereocenters. The Morgan fingerprint density at radius 3 is 2.33 bits per heavy atom. The first kappa shape index (κ1) is 17.3. The Bertz CT molecular complexity index is 480. The molecule has 1 unspecified atom stereocenters. The van der Waals surface area contributed by atoms with Gasteiger partial charge in [0.2, 0.25) is 5.91 Å². The van der Waals surface area contributed by atoms with Crippen molar-refractivity contribution in [2.45, 2.75) is 27.2 Å². The van der Waals surface area contributed by atoms with Gasteiger partial charge in [-0.2, -0.15) is 0 Å². The van der Waals surface area contributed by atoms with Crippen molar-refractivity contribution >= 4 is 5.91 Å². The second-order valence-electron chi connectivity index (χ2n) is 5.97. The summed E-state index contributed by atoms with van der Waals surface area (Å²) in [5, 5.41) is 0. The van der Waals surface area contributed by atoms with Gasteiger partial charge < -0.3 is 9.47 Å². The van der Waals surface area contributed by atoms with Gasteiger partial charge in [0.1, 0.15) is 11.5 Å². The number of hydrogen-bond acceptors (Lipinski definition) is 4. The summed E-state index contributed by atoms with van der Waals surface area (Å²) in [4.78, 5) is 17.0. The Hall–Kier alpha value is -1.75. The quantitative estimate of drug-likeness (QED) is 0.820. The van der Waals surface area contributed by atoms with Gasteiger partial charge in [0.15, 0.2) is 0 Å². The molecule has 118 valence electrons. The van der Waals surface area contributed by atoms with Crippen molar-refractivity contribution in [1.29, 1.82) is 0 Å². The highest BCUT2D eigenvalue weighted by Gasteiger charge is 2.32. The van der Waals surface area contributed by atoms with Crippen molar-refractivity contribution in [3.8, 4) is 11.5 Å². The van der Waals surface area contributed by atoms with E-state index in [0.717, 1.165) is 11.3 Å². The zero-order valence-corrected chi connectivity index (χ0v) is 13.6. The minimum Gasteiger partial charge on any atom is -0.497 e. The molecule has 5 heteroatoms. The second-order valence-corrected chi connectivity index (χ2v) is 5.97. The van der Waals surface area contributed by atoms with E-state index >= 15 is 0 Å². The summed E-state index contributed by atoms with van der Waals surface area (Å²) < 4.78 is 10.6. The molecule has 0 bridgehead atoms. The van der Waals surface area contributed by atoms with Crippen LogP contribution in [0.25, 0.3) is 0 Å². The van der Waals surface area contributed by atoms with E-state index in [1.54, 1.807) is 14.2 Å². The lowest BCUT2D eigenvalue weighted by Gasteiger charge is -2.29. The summed E-state index contributed by atoms with van der Waals surface area (Å²) in [6.45, 7) is 6.09. The number of ether oxygens (including phenoxy) is 2. The first-order chi connectivity index (χ1) is 9.83. The van der Waals surface area contributed by atoms with Gasteiger partial charge in [-0.1, -0.05) is 26.8 Å². The third-order valence-corrected chi connectivity index (χ3v) is 3.48. The van der Waals surface area contributed by atoms with E-state index in [1.165, 1.54) is 7.11 Å². The van der Waals surface area contributed by atoms with Gasteiger partial charge in [0.25, 0.3) is 0 Å². The van der Waals surface area contributed by atoms with Crippen LogP contribution in [-0.4, -0.2) is 27.2 Å². The summed E-state index contributed by atoms with van der Waals surface area (Å²) in [5.74, 6) is 1.07. The van der Waals surface area contributed by atoms with Crippen LogP contribution in [0.2, 0.25) is 0 Å². The molecule has 0 aliphatic heterocycles. The summed E-state index contributed by atoms with van der Waals surface area (Å²) >= 11 is 0. The van der Waals surface area contributed by atoms with Crippen molar-refractivity contribution in [3.05, 3.63) is 23.8 Å². The molecule has 0 radical (unpaired) electrons. The van der Waals surface area contributed by atoms with Crippen LogP contribution < -0.4 is 15.0 Å². The van der Waals surface area contributed by atoms with Gasteiger partial charge in [-0.15, -0.1) is 0 Å². The van der Waals surface area contributed by atoms with Gasteiger partial charge in [0, 0.05) is 12.0 Å². The van der Waals surface area contributed by atoms with E-state index in [4.69, 9.17) is 14.3 Å². The van der Waals surface area contributed by atoms with Crippen molar-refractivity contribution in [1.82, 2.24) is 5.48 Å². The van der Waals surface area contributed by atoms with Gasteiger partial charge in [-0.3, -0.25) is 9.63 Å². The number of amides is 1. The lowest BCUT2D eigenvalue weighted by Crippen LogP contribution is -2.38. The maximum Gasteiger partial charge on any atom is 0.247 e. The molecule has 0 aliphatic carbocycles. The molecule has 0 heterocycles. The van der Waals surface area contributed by atoms with E-state index < -0.39 is 0 Å². The number of nitrogens with one attached hydrogen (secondary N) is 1. The Balaban J connectivity index is 3.06. The molecule has 1 aromatic carbocycles. The van der Waals surface area contributed by atoms with Crippen LogP contribution >= 0.6 is 0 Å². The van der Waals surface area contributed by atoms with Crippen LogP contribution in [0.1, 0.15) is 26.3 Å². The van der Waals surface area contributed by atoms with E-state index in [9.17, 15) is 4.79 Å². The van der Waals surface area contributed by atoms with Crippen molar-refractivity contribution in [2.75, 3.05) is 21.3 Å². The smallest absolute Gasteiger partial charge is 0.247 e. The molecule has 1 aromatic rings. The predicted octanol–water partition coefficient (Wildman–Crippen LogP) is 2.59. The minimum absolute atomic E-state index is 0.136. The third-order valence-electron chi connectivity index (χ3n) is 3.48. The maximum atomic E-state index is 12.2. The Kier molecular flexibility index (Phi) is 6.03. The summed E-state index contributed by atoms with van der Waals surface area (Å²) in [6, 6.07) is 5.62. The van der Waals surface area contributed by atoms with Crippen LogP contribution in [0.4, 0.5) is 0 Å². The highest BCUT2D eigenvalue weighted by atomic mass is 16.6. The molecule has 0 spiro atoms. The summed E-state index contributed by atoms with van der Waals surface area (Å²) in [5.41, 5.74) is 3.19. The van der Waals surface area contributed by atoms with Crippen LogP contribution in [0.3, 0.4) is 0 Å². The molecule has 1 N–H and O–H groups in total. The number of methoxy groups -OCH3 is 2. The van der Waals surface area contributed by atoms with Crippen molar-refractivity contribution < 1.29 is 19.1 Å². The number of benzene rings is 1. The van der Waals surface area contributed by atoms with E-state index in [-0.39, 0.29) is 17.2 Å². The first-order valence-corrected chi connectivity index (χ1v) is 6.87. The van der Waals surface area contributed by atoms with Crippen LogP contribution in [0, 0.1) is 11.3 Å². The van der Waals surface area contributed by atoms with Gasteiger partial charge in [-0.25, -0.2) is 5.48 Å². The van der Waals surface area contributed by atoms with Gasteiger partial charge in [0.05, 0.1) is 21.3 Å². The van der Waals surface area contributed by atoms with E-state index in [1.807, 2.05) is 39.0 Å². The van der Waals surface area contributed by atoms with Crippen LogP contribution in [0.5, 0.6) is 11.5 Å². The molecular formula is C16H25NO4. The number of carbonyl (C=O) groups is 1.